The maximum Gasteiger partial charge on any atom is 0.260 e. The monoisotopic (exact) mass is 291 g/mol. The highest BCUT2D eigenvalue weighted by Gasteiger charge is 2.31. The summed E-state index contributed by atoms with van der Waals surface area (Å²) in [5, 5.41) is 13.0. The highest BCUT2D eigenvalue weighted by molar-refractivity contribution is 6.20. The maximum absolute atomic E-state index is 12.2. The molecule has 0 saturated carbocycles. The molecule has 4 heteroatoms. The molecule has 1 aliphatic heterocycles. The van der Waals surface area contributed by atoms with Gasteiger partial charge in [-0.1, -0.05) is 60.7 Å². The van der Waals surface area contributed by atoms with Gasteiger partial charge in [-0.3, -0.25) is 9.59 Å². The highest BCUT2D eigenvalue weighted by Crippen LogP contribution is 2.31. The summed E-state index contributed by atoms with van der Waals surface area (Å²) < 4.78 is 0. The van der Waals surface area contributed by atoms with E-state index in [0.29, 0.717) is 23.1 Å². The third-order valence-corrected chi connectivity index (χ3v) is 3.47. The minimum Gasteiger partial charge on any atom is -0.506 e. The topological polar surface area (TPSA) is 66.4 Å². The van der Waals surface area contributed by atoms with Crippen LogP contribution in [0.25, 0.3) is 11.5 Å². The summed E-state index contributed by atoms with van der Waals surface area (Å²) in [6, 6.07) is 17.7. The quantitative estimate of drug-likeness (QED) is 0.519. The van der Waals surface area contributed by atoms with Crippen LogP contribution in [0.4, 0.5) is 0 Å². The Morgan fingerprint density at radius 2 is 1.55 bits per heavy atom. The van der Waals surface area contributed by atoms with Crippen LogP contribution in [-0.2, 0) is 9.59 Å². The number of aliphatic hydroxyl groups excluding tert-OH is 1. The Morgan fingerprint density at radius 3 is 2.14 bits per heavy atom. The molecular weight excluding hydrogens is 278 g/mol. The zero-order chi connectivity index (χ0) is 15.5. The summed E-state index contributed by atoms with van der Waals surface area (Å²) in [4.78, 5) is 23.7. The van der Waals surface area contributed by atoms with Gasteiger partial charge in [0.2, 0.25) is 0 Å². The first-order valence-electron chi connectivity index (χ1n) is 6.77. The van der Waals surface area contributed by atoms with Crippen molar-refractivity contribution < 1.29 is 14.7 Å². The van der Waals surface area contributed by atoms with Crippen molar-refractivity contribution in [3.8, 4) is 0 Å². The summed E-state index contributed by atoms with van der Waals surface area (Å²) >= 11 is 0. The van der Waals surface area contributed by atoms with Crippen molar-refractivity contribution in [3.05, 3.63) is 82.9 Å². The lowest BCUT2D eigenvalue weighted by Gasteiger charge is -2.04. The van der Waals surface area contributed by atoms with Gasteiger partial charge in [-0.2, -0.15) is 0 Å². The Hall–Kier alpha value is -3.14. The largest absolute Gasteiger partial charge is 0.506 e. The number of aldehydes is 1. The van der Waals surface area contributed by atoms with Gasteiger partial charge in [0.1, 0.15) is 5.76 Å². The maximum atomic E-state index is 12.2. The average molecular weight is 291 g/mol. The third-order valence-electron chi connectivity index (χ3n) is 3.47. The van der Waals surface area contributed by atoms with E-state index in [9.17, 15) is 14.7 Å². The Kier molecular flexibility index (Phi) is 3.58. The van der Waals surface area contributed by atoms with E-state index in [1.165, 1.54) is 0 Å². The van der Waals surface area contributed by atoms with Crippen LogP contribution in [0, 0.1) is 0 Å². The summed E-state index contributed by atoms with van der Waals surface area (Å²) in [5.74, 6) is -0.687. The van der Waals surface area contributed by atoms with Crippen LogP contribution in [0.15, 0.2) is 71.8 Å². The molecule has 0 fully saturated rings. The average Bonchev–Trinajstić information content (AvgIpc) is 2.92. The van der Waals surface area contributed by atoms with Crippen LogP contribution in [-0.4, -0.2) is 17.3 Å². The SMILES string of the molecule is O=CC1=C(c2ccccc2)NC(=O)/C1=C(\O)c1ccccc1. The van der Waals surface area contributed by atoms with Gasteiger partial charge in [-0.15, -0.1) is 0 Å². The molecule has 0 radical (unpaired) electrons. The van der Waals surface area contributed by atoms with E-state index in [-0.39, 0.29) is 16.9 Å². The predicted molar refractivity (Wildman–Crippen MR) is 83.6 cm³/mol. The minimum absolute atomic E-state index is 0.0000491. The number of aliphatic hydroxyl groups is 1. The molecular formula is C18H13NO3. The lowest BCUT2D eigenvalue weighted by Crippen LogP contribution is -2.16. The number of rotatable bonds is 3. The minimum atomic E-state index is -0.484. The molecule has 2 N–H and O–H groups in total. The van der Waals surface area contributed by atoms with Gasteiger partial charge in [0.05, 0.1) is 16.8 Å². The van der Waals surface area contributed by atoms with Crippen molar-refractivity contribution in [1.82, 2.24) is 5.32 Å². The molecule has 0 unspecified atom stereocenters. The predicted octanol–water partition coefficient (Wildman–Crippen LogP) is 2.70. The lowest BCUT2D eigenvalue weighted by atomic mass is 10.0. The van der Waals surface area contributed by atoms with Crippen LogP contribution in [0.3, 0.4) is 0 Å². The molecule has 0 bridgehead atoms. The zero-order valence-corrected chi connectivity index (χ0v) is 11.6. The first-order valence-corrected chi connectivity index (χ1v) is 6.77. The van der Waals surface area contributed by atoms with Crippen molar-refractivity contribution >= 4 is 23.6 Å². The van der Waals surface area contributed by atoms with E-state index in [1.54, 1.807) is 36.4 Å². The van der Waals surface area contributed by atoms with Gasteiger partial charge >= 0.3 is 0 Å². The van der Waals surface area contributed by atoms with Gasteiger partial charge in [-0.25, -0.2) is 0 Å². The fourth-order valence-electron chi connectivity index (χ4n) is 2.42. The number of nitrogens with one attached hydrogen (secondary N) is 1. The fraction of sp³-hybridized carbons (Fsp3) is 0. The number of hydrogen-bond donors (Lipinski definition) is 2. The molecule has 1 aliphatic rings. The van der Waals surface area contributed by atoms with Crippen molar-refractivity contribution in [1.29, 1.82) is 0 Å². The van der Waals surface area contributed by atoms with Gasteiger partial charge < -0.3 is 10.4 Å². The Labute approximate surface area is 127 Å². The van der Waals surface area contributed by atoms with E-state index in [2.05, 4.69) is 5.32 Å². The lowest BCUT2D eigenvalue weighted by molar-refractivity contribution is -0.116. The molecule has 2 aromatic carbocycles. The first kappa shape index (κ1) is 13.8. The van der Waals surface area contributed by atoms with Crippen LogP contribution in [0.5, 0.6) is 0 Å². The standard InChI is InChI=1S/C18H13NO3/c20-11-14-15(17(21)13-9-5-2-6-10-13)18(22)19-16(14)12-7-3-1-4-8-12/h1-11,21H,(H,19,22)/b17-15-. The van der Waals surface area contributed by atoms with Crippen LogP contribution in [0.1, 0.15) is 11.1 Å². The molecule has 108 valence electrons. The van der Waals surface area contributed by atoms with Crippen LogP contribution < -0.4 is 5.32 Å². The summed E-state index contributed by atoms with van der Waals surface area (Å²) in [5.41, 5.74) is 1.78. The number of amides is 1. The van der Waals surface area contributed by atoms with Crippen molar-refractivity contribution in [3.63, 3.8) is 0 Å². The van der Waals surface area contributed by atoms with E-state index in [1.807, 2.05) is 24.3 Å². The van der Waals surface area contributed by atoms with Gasteiger partial charge in [0, 0.05) is 5.56 Å². The van der Waals surface area contributed by atoms with E-state index in [0.717, 1.165) is 0 Å². The van der Waals surface area contributed by atoms with E-state index >= 15 is 0 Å². The number of carbonyl (C=O) groups excluding carboxylic acids is 2. The third kappa shape index (κ3) is 2.31. The second-order valence-corrected chi connectivity index (χ2v) is 4.82. The normalized spacial score (nSPS) is 16.5. The number of benzene rings is 2. The summed E-state index contributed by atoms with van der Waals surface area (Å²) in [6.07, 6.45) is 0.592. The zero-order valence-electron chi connectivity index (χ0n) is 11.6. The van der Waals surface area contributed by atoms with Crippen LogP contribution >= 0.6 is 0 Å². The molecule has 0 aromatic heterocycles. The van der Waals surface area contributed by atoms with E-state index in [4.69, 9.17) is 0 Å². The fourth-order valence-corrected chi connectivity index (χ4v) is 2.42. The second kappa shape index (κ2) is 5.69. The Morgan fingerprint density at radius 1 is 0.955 bits per heavy atom. The first-order chi connectivity index (χ1) is 10.7. The molecule has 0 atom stereocenters. The molecule has 0 spiro atoms. The molecule has 3 rings (SSSR count). The summed E-state index contributed by atoms with van der Waals surface area (Å²) in [7, 11) is 0. The van der Waals surface area contributed by atoms with Crippen molar-refractivity contribution in [2.24, 2.45) is 0 Å². The van der Waals surface area contributed by atoms with Crippen molar-refractivity contribution in [2.45, 2.75) is 0 Å². The highest BCUT2D eigenvalue weighted by atomic mass is 16.3. The van der Waals surface area contributed by atoms with Gasteiger partial charge in [-0.05, 0) is 5.56 Å². The molecule has 2 aromatic rings. The second-order valence-electron chi connectivity index (χ2n) is 4.82. The molecule has 0 saturated heterocycles. The van der Waals surface area contributed by atoms with Gasteiger partial charge in [0.15, 0.2) is 6.29 Å². The molecule has 1 heterocycles. The van der Waals surface area contributed by atoms with E-state index < -0.39 is 5.91 Å². The van der Waals surface area contributed by atoms with Crippen LogP contribution in [0.2, 0.25) is 0 Å². The summed E-state index contributed by atoms with van der Waals surface area (Å²) in [6.45, 7) is 0. The van der Waals surface area contributed by atoms with Crippen molar-refractivity contribution in [2.75, 3.05) is 0 Å². The Bertz CT molecular complexity index is 790. The van der Waals surface area contributed by atoms with Gasteiger partial charge in [0.25, 0.3) is 5.91 Å². The Balaban J connectivity index is 2.18. The number of hydrogen-bond acceptors (Lipinski definition) is 3. The number of carbonyl (C=O) groups is 2. The smallest absolute Gasteiger partial charge is 0.260 e. The molecule has 0 aliphatic carbocycles. The molecule has 22 heavy (non-hydrogen) atoms. The molecule has 1 amide bonds. The molecule has 4 nitrogen and oxygen atoms in total.